The topological polar surface area (TPSA) is 152 Å². The van der Waals surface area contributed by atoms with E-state index in [0.29, 0.717) is 28.0 Å². The van der Waals surface area contributed by atoms with Crippen LogP contribution in [0.25, 0.3) is 10.9 Å². The minimum atomic E-state index is -3.83. The number of nitrogens with two attached hydrogens (primary N) is 1. The number of H-pyrrole nitrogens is 1. The number of anilines is 3. The number of aromatic nitrogens is 1. The molecule has 3 aromatic carbocycles. The molecule has 0 radical (unpaired) electrons. The number of hydrogen-bond donors (Lipinski definition) is 4. The molecule has 0 spiro atoms. The molecule has 0 fully saturated rings. The normalized spacial score (nSPS) is 11.6. The van der Waals surface area contributed by atoms with Gasteiger partial charge < -0.3 is 16.0 Å². The summed E-state index contributed by atoms with van der Waals surface area (Å²) in [6, 6.07) is 18.5. The summed E-state index contributed by atoms with van der Waals surface area (Å²) in [7, 11) is -5.45. The van der Waals surface area contributed by atoms with Crippen LogP contribution in [0.2, 0.25) is 0 Å². The van der Waals surface area contributed by atoms with E-state index in [1.165, 1.54) is 37.4 Å². The second kappa shape index (κ2) is 9.17. The van der Waals surface area contributed by atoms with Crippen molar-refractivity contribution < 1.29 is 25.9 Å². The zero-order chi connectivity index (χ0) is 24.5. The second-order valence-electron chi connectivity index (χ2n) is 7.32. The third-order valence-corrected chi connectivity index (χ3v) is 7.10. The number of benzene rings is 3. The number of carbonyl (C=O) groups is 1. The lowest BCUT2D eigenvalue weighted by molar-refractivity contribution is 0.102. The highest BCUT2D eigenvalue weighted by Crippen LogP contribution is 2.26. The summed E-state index contributed by atoms with van der Waals surface area (Å²) < 4.78 is 52.0. The van der Waals surface area contributed by atoms with Crippen LogP contribution in [0, 0.1) is 0 Å². The summed E-state index contributed by atoms with van der Waals surface area (Å²) in [5, 5.41) is 4.48. The molecule has 34 heavy (non-hydrogen) atoms. The Labute approximate surface area is 197 Å². The van der Waals surface area contributed by atoms with Gasteiger partial charge in [0, 0.05) is 29.3 Å². The Kier molecular flexibility index (Phi) is 6.28. The lowest BCUT2D eigenvalue weighted by atomic mass is 10.2. The van der Waals surface area contributed by atoms with E-state index >= 15 is 0 Å². The highest BCUT2D eigenvalue weighted by atomic mass is 32.2. The Morgan fingerprint density at radius 3 is 2.41 bits per heavy atom. The number of nitrogen functional groups attached to an aromatic ring is 1. The van der Waals surface area contributed by atoms with Crippen molar-refractivity contribution in [3.05, 3.63) is 78.5 Å². The van der Waals surface area contributed by atoms with E-state index in [4.69, 9.17) is 5.73 Å². The smallest absolute Gasteiger partial charge is 0.277 e. The molecule has 0 aliphatic carbocycles. The summed E-state index contributed by atoms with van der Waals surface area (Å²) in [5.41, 5.74) is 7.60. The number of aromatic amines is 1. The second-order valence-corrected chi connectivity index (χ2v) is 9.88. The number of fused-ring (bicyclic) bond motifs is 1. The largest absolute Gasteiger partial charge is 0.399 e. The maximum absolute atomic E-state index is 12.9. The molecule has 1 amide bonds. The average Bonchev–Trinajstić information content (AvgIpc) is 3.22. The molecule has 12 heteroatoms. The van der Waals surface area contributed by atoms with Gasteiger partial charge in [0.1, 0.15) is 5.69 Å². The van der Waals surface area contributed by atoms with Gasteiger partial charge >= 0.3 is 0 Å². The minimum absolute atomic E-state index is 0.0110. The van der Waals surface area contributed by atoms with Crippen LogP contribution >= 0.6 is 0 Å². The first-order valence-corrected chi connectivity index (χ1v) is 12.4. The van der Waals surface area contributed by atoms with Crippen LogP contribution < -0.4 is 16.1 Å². The molecular formula is C22H20N4O6S2. The SMILES string of the molecule is CN(O[SH](=O)=O)c1ccc2cc(C(=O)Nc3cccc(S(=O)(=O)c4cccc(N)c4)c3)[nH]c2c1. The molecule has 10 nitrogen and oxygen atoms in total. The van der Waals surface area contributed by atoms with Crippen molar-refractivity contribution in [2.45, 2.75) is 9.79 Å². The van der Waals surface area contributed by atoms with Crippen LogP contribution in [-0.4, -0.2) is 34.8 Å². The molecule has 0 bridgehead atoms. The molecule has 4 rings (SSSR count). The molecular weight excluding hydrogens is 480 g/mol. The van der Waals surface area contributed by atoms with Gasteiger partial charge in [0.15, 0.2) is 0 Å². The molecule has 1 heterocycles. The Morgan fingerprint density at radius 2 is 1.71 bits per heavy atom. The van der Waals surface area contributed by atoms with Gasteiger partial charge in [-0.15, -0.1) is 0 Å². The quantitative estimate of drug-likeness (QED) is 0.172. The summed E-state index contributed by atoms with van der Waals surface area (Å²) in [4.78, 5) is 15.8. The van der Waals surface area contributed by atoms with Crippen LogP contribution in [0.4, 0.5) is 17.1 Å². The van der Waals surface area contributed by atoms with Crippen LogP contribution in [-0.2, 0) is 25.1 Å². The van der Waals surface area contributed by atoms with Gasteiger partial charge in [-0.3, -0.25) is 4.79 Å². The predicted octanol–water partition coefficient (Wildman–Crippen LogP) is 2.73. The highest BCUT2D eigenvalue weighted by Gasteiger charge is 2.19. The third kappa shape index (κ3) is 4.88. The van der Waals surface area contributed by atoms with E-state index in [2.05, 4.69) is 14.6 Å². The Bertz CT molecular complexity index is 1570. The summed E-state index contributed by atoms with van der Waals surface area (Å²) in [6.07, 6.45) is 0. The number of hydroxylamine groups is 1. The van der Waals surface area contributed by atoms with Crippen molar-refractivity contribution in [2.24, 2.45) is 0 Å². The van der Waals surface area contributed by atoms with E-state index in [1.54, 1.807) is 42.5 Å². The number of hydrogen-bond acceptors (Lipinski definition) is 8. The monoisotopic (exact) mass is 500 g/mol. The van der Waals surface area contributed by atoms with Crippen LogP contribution in [0.1, 0.15) is 10.5 Å². The number of rotatable bonds is 7. The maximum atomic E-state index is 12.9. The van der Waals surface area contributed by atoms with Crippen molar-refractivity contribution in [2.75, 3.05) is 23.2 Å². The molecule has 4 aromatic rings. The van der Waals surface area contributed by atoms with Gasteiger partial charge in [0.2, 0.25) is 9.84 Å². The highest BCUT2D eigenvalue weighted by molar-refractivity contribution is 7.91. The number of amides is 1. The van der Waals surface area contributed by atoms with Gasteiger partial charge in [0.05, 0.1) is 15.5 Å². The molecule has 0 saturated heterocycles. The van der Waals surface area contributed by atoms with Gasteiger partial charge in [0.25, 0.3) is 16.9 Å². The van der Waals surface area contributed by atoms with E-state index in [0.717, 1.165) is 5.06 Å². The molecule has 0 atom stereocenters. The van der Waals surface area contributed by atoms with E-state index < -0.39 is 26.7 Å². The standard InChI is InChI=1S/C22H20N4O6S2/c1-26(32-33(28)29)17-9-8-14-10-21(25-20(14)13-17)22(27)24-16-5-3-7-19(12-16)34(30,31)18-6-2-4-15(23)11-18/h2-13,25,33H,23H2,1H3,(H,24,27). The minimum Gasteiger partial charge on any atom is -0.399 e. The van der Waals surface area contributed by atoms with Gasteiger partial charge in [-0.05, 0) is 54.6 Å². The molecule has 0 aliphatic heterocycles. The van der Waals surface area contributed by atoms with Crippen molar-refractivity contribution in [3.63, 3.8) is 0 Å². The lowest BCUT2D eigenvalue weighted by Crippen LogP contribution is -2.16. The van der Waals surface area contributed by atoms with Crippen LogP contribution in [0.3, 0.4) is 0 Å². The van der Waals surface area contributed by atoms with Crippen LogP contribution in [0.15, 0.2) is 82.6 Å². The first-order valence-electron chi connectivity index (χ1n) is 9.84. The van der Waals surface area contributed by atoms with Crippen molar-refractivity contribution in [1.82, 2.24) is 4.98 Å². The van der Waals surface area contributed by atoms with Gasteiger partial charge in [-0.2, -0.15) is 4.28 Å². The summed E-state index contributed by atoms with van der Waals surface area (Å²) in [5.74, 6) is -0.483. The third-order valence-electron chi connectivity index (χ3n) is 4.97. The van der Waals surface area contributed by atoms with Crippen molar-refractivity contribution >= 4 is 54.7 Å². The fourth-order valence-corrected chi connectivity index (χ4v) is 4.99. The number of sulfone groups is 1. The van der Waals surface area contributed by atoms with Crippen LogP contribution in [0.5, 0.6) is 0 Å². The van der Waals surface area contributed by atoms with E-state index in [-0.39, 0.29) is 15.5 Å². The zero-order valence-corrected chi connectivity index (χ0v) is 19.5. The number of thiol groups is 1. The molecule has 1 aromatic heterocycles. The molecule has 176 valence electrons. The predicted molar refractivity (Wildman–Crippen MR) is 129 cm³/mol. The molecule has 0 aliphatic rings. The molecule has 0 unspecified atom stereocenters. The molecule has 0 saturated carbocycles. The fourth-order valence-electron chi connectivity index (χ4n) is 3.34. The Balaban J connectivity index is 1.57. The lowest BCUT2D eigenvalue weighted by Gasteiger charge is -2.13. The van der Waals surface area contributed by atoms with Crippen molar-refractivity contribution in [3.8, 4) is 0 Å². The Hall–Kier alpha value is -3.87. The summed E-state index contributed by atoms with van der Waals surface area (Å²) in [6.45, 7) is 0. The summed E-state index contributed by atoms with van der Waals surface area (Å²) >= 11 is 0. The maximum Gasteiger partial charge on any atom is 0.277 e. The number of carbonyl (C=O) groups excluding carboxylic acids is 1. The van der Waals surface area contributed by atoms with E-state index in [1.807, 2.05) is 0 Å². The number of nitrogens with one attached hydrogen (secondary N) is 2. The van der Waals surface area contributed by atoms with Crippen molar-refractivity contribution in [1.29, 1.82) is 0 Å². The first-order chi connectivity index (χ1) is 16.1. The van der Waals surface area contributed by atoms with Gasteiger partial charge in [-0.25, -0.2) is 21.9 Å². The van der Waals surface area contributed by atoms with Gasteiger partial charge in [-0.1, -0.05) is 18.2 Å². The zero-order valence-electron chi connectivity index (χ0n) is 17.8. The van der Waals surface area contributed by atoms with E-state index in [9.17, 15) is 21.6 Å². The molecule has 4 N–H and O–H groups in total. The number of nitrogens with zero attached hydrogens (tertiary/aromatic N) is 1. The Morgan fingerprint density at radius 1 is 1.00 bits per heavy atom. The first kappa shape index (κ1) is 23.3. The average molecular weight is 501 g/mol. The fraction of sp³-hybridized carbons (Fsp3) is 0.0455.